The van der Waals surface area contributed by atoms with Gasteiger partial charge >= 0.3 is 0 Å². The molecule has 0 saturated carbocycles. The topological polar surface area (TPSA) is 71.3 Å². The Morgan fingerprint density at radius 2 is 1.96 bits per heavy atom. The molecule has 1 aromatic heterocycles. The summed E-state index contributed by atoms with van der Waals surface area (Å²) < 4.78 is 5.83. The molecule has 1 atom stereocenters. The molecule has 0 unspecified atom stereocenters. The van der Waals surface area contributed by atoms with E-state index in [1.165, 1.54) is 0 Å². The lowest BCUT2D eigenvalue weighted by Gasteiger charge is -2.24. The lowest BCUT2D eigenvalue weighted by Crippen LogP contribution is -2.34. The highest BCUT2D eigenvalue weighted by Crippen LogP contribution is 2.32. The predicted molar refractivity (Wildman–Crippen MR) is 95.2 cm³/mol. The van der Waals surface area contributed by atoms with E-state index < -0.39 is 5.92 Å². The normalized spacial score (nSPS) is 16.4. The number of amides is 2. The highest BCUT2D eigenvalue weighted by molar-refractivity contribution is 6.01. The van der Waals surface area contributed by atoms with Crippen molar-refractivity contribution in [1.29, 1.82) is 0 Å². The average Bonchev–Trinajstić information content (AvgIpc) is 2.95. The van der Waals surface area contributed by atoms with Crippen LogP contribution in [0.5, 0.6) is 0 Å². The van der Waals surface area contributed by atoms with Crippen molar-refractivity contribution in [1.82, 2.24) is 5.32 Å². The van der Waals surface area contributed by atoms with Crippen molar-refractivity contribution < 1.29 is 14.0 Å². The molecule has 0 fully saturated rings. The average molecular weight is 334 g/mol. The zero-order chi connectivity index (χ0) is 17.4. The molecule has 0 aliphatic carbocycles. The van der Waals surface area contributed by atoms with Crippen molar-refractivity contribution in [2.45, 2.75) is 25.8 Å². The minimum absolute atomic E-state index is 0.140. The van der Waals surface area contributed by atoms with Gasteiger partial charge in [-0.3, -0.25) is 9.59 Å². The molecule has 0 radical (unpaired) electrons. The third kappa shape index (κ3) is 2.78. The second kappa shape index (κ2) is 6.09. The molecule has 25 heavy (non-hydrogen) atoms. The third-order valence-electron chi connectivity index (χ3n) is 4.68. The van der Waals surface area contributed by atoms with Crippen LogP contribution in [0.2, 0.25) is 0 Å². The molecule has 1 aliphatic heterocycles. The molecule has 126 valence electrons. The number of nitrogens with one attached hydrogen (secondary N) is 2. The van der Waals surface area contributed by atoms with Crippen LogP contribution in [0.3, 0.4) is 0 Å². The molecule has 2 aromatic carbocycles. The number of carbonyl (C=O) groups is 2. The lowest BCUT2D eigenvalue weighted by molar-refractivity contribution is -0.126. The molecule has 0 saturated heterocycles. The van der Waals surface area contributed by atoms with Gasteiger partial charge in [-0.15, -0.1) is 0 Å². The number of fused-ring (bicyclic) bond motifs is 2. The van der Waals surface area contributed by atoms with Gasteiger partial charge in [0.15, 0.2) is 0 Å². The maximum Gasteiger partial charge on any atom is 0.228 e. The number of para-hydroxylation sites is 2. The Kier molecular flexibility index (Phi) is 3.76. The number of hydrogen-bond acceptors (Lipinski definition) is 3. The summed E-state index contributed by atoms with van der Waals surface area (Å²) in [4.78, 5) is 24.6. The van der Waals surface area contributed by atoms with E-state index in [9.17, 15) is 9.59 Å². The standard InChI is InChI=1S/C20H18N2O3/c1-12-13-6-3-5-9-17(13)25-18(12)11-21-20(24)15-10-19(23)22-16-8-4-2-7-14(15)16/h2-9,15H,10-11H2,1H3,(H,21,24)(H,22,23)/t15-/m1/s1. The van der Waals surface area contributed by atoms with Gasteiger partial charge < -0.3 is 15.1 Å². The Morgan fingerprint density at radius 3 is 2.80 bits per heavy atom. The van der Waals surface area contributed by atoms with Crippen LogP contribution in [0.25, 0.3) is 11.0 Å². The number of carbonyl (C=O) groups excluding carboxylic acids is 2. The molecule has 4 rings (SSSR count). The highest BCUT2D eigenvalue weighted by atomic mass is 16.3. The number of aryl methyl sites for hydroxylation is 1. The van der Waals surface area contributed by atoms with E-state index in [0.29, 0.717) is 12.2 Å². The van der Waals surface area contributed by atoms with Crippen LogP contribution >= 0.6 is 0 Å². The number of rotatable bonds is 3. The summed E-state index contributed by atoms with van der Waals surface area (Å²) in [6.45, 7) is 2.29. The smallest absolute Gasteiger partial charge is 0.228 e. The van der Waals surface area contributed by atoms with Crippen molar-refractivity contribution in [2.24, 2.45) is 0 Å². The zero-order valence-electron chi connectivity index (χ0n) is 13.8. The first kappa shape index (κ1) is 15.4. The highest BCUT2D eigenvalue weighted by Gasteiger charge is 2.30. The van der Waals surface area contributed by atoms with Crippen molar-refractivity contribution in [3.05, 3.63) is 65.4 Å². The first-order chi connectivity index (χ1) is 12.1. The zero-order valence-corrected chi connectivity index (χ0v) is 13.8. The van der Waals surface area contributed by atoms with Gasteiger partial charge in [-0.05, 0) is 24.6 Å². The van der Waals surface area contributed by atoms with Crippen molar-refractivity contribution in [2.75, 3.05) is 5.32 Å². The van der Waals surface area contributed by atoms with Gasteiger partial charge in [0.05, 0.1) is 12.5 Å². The number of hydrogen-bond donors (Lipinski definition) is 2. The van der Waals surface area contributed by atoms with Crippen LogP contribution < -0.4 is 10.6 Å². The van der Waals surface area contributed by atoms with Crippen LogP contribution in [0, 0.1) is 6.92 Å². The van der Waals surface area contributed by atoms with E-state index in [4.69, 9.17) is 4.42 Å². The van der Waals surface area contributed by atoms with Crippen molar-refractivity contribution in [3.8, 4) is 0 Å². The first-order valence-corrected chi connectivity index (χ1v) is 8.27. The van der Waals surface area contributed by atoms with Gasteiger partial charge in [0.1, 0.15) is 11.3 Å². The summed E-state index contributed by atoms with van der Waals surface area (Å²) in [5.74, 6) is -0.0429. The molecule has 3 aromatic rings. The minimum atomic E-state index is -0.477. The van der Waals surface area contributed by atoms with E-state index in [1.807, 2.05) is 55.5 Å². The predicted octanol–water partition coefficient (Wildman–Crippen LogP) is 3.48. The number of anilines is 1. The molecular weight excluding hydrogens is 316 g/mol. The number of furan rings is 1. The van der Waals surface area contributed by atoms with Gasteiger partial charge in [0, 0.05) is 23.1 Å². The monoisotopic (exact) mass is 334 g/mol. The summed E-state index contributed by atoms with van der Waals surface area (Å²) in [5.41, 5.74) is 3.39. The van der Waals surface area contributed by atoms with E-state index in [0.717, 1.165) is 27.9 Å². The fourth-order valence-electron chi connectivity index (χ4n) is 3.33. The van der Waals surface area contributed by atoms with Crippen LogP contribution in [-0.4, -0.2) is 11.8 Å². The SMILES string of the molecule is Cc1c(CNC(=O)[C@@H]2CC(=O)Nc3ccccc32)oc2ccccc12. The second-order valence-corrected chi connectivity index (χ2v) is 6.26. The van der Waals surface area contributed by atoms with Crippen molar-refractivity contribution in [3.63, 3.8) is 0 Å². The summed E-state index contributed by atoms with van der Waals surface area (Å²) in [6.07, 6.45) is 0.155. The Morgan fingerprint density at radius 1 is 1.20 bits per heavy atom. The van der Waals surface area contributed by atoms with Gasteiger partial charge in [0.25, 0.3) is 0 Å². The Labute approximate surface area is 145 Å². The van der Waals surface area contributed by atoms with Crippen LogP contribution in [0.15, 0.2) is 52.9 Å². The molecular formula is C20H18N2O3. The van der Waals surface area contributed by atoms with E-state index in [1.54, 1.807) is 0 Å². The molecule has 2 N–H and O–H groups in total. The fraction of sp³-hybridized carbons (Fsp3) is 0.200. The summed E-state index contributed by atoms with van der Waals surface area (Å²) >= 11 is 0. The number of benzene rings is 2. The molecule has 0 bridgehead atoms. The second-order valence-electron chi connectivity index (χ2n) is 6.26. The van der Waals surface area contributed by atoms with Crippen LogP contribution in [-0.2, 0) is 16.1 Å². The maximum atomic E-state index is 12.7. The third-order valence-corrected chi connectivity index (χ3v) is 4.68. The molecule has 0 spiro atoms. The van der Waals surface area contributed by atoms with Gasteiger partial charge in [0.2, 0.25) is 11.8 Å². The summed E-state index contributed by atoms with van der Waals surface area (Å²) in [5, 5.41) is 6.78. The van der Waals surface area contributed by atoms with Gasteiger partial charge in [-0.2, -0.15) is 0 Å². The first-order valence-electron chi connectivity index (χ1n) is 8.27. The largest absolute Gasteiger partial charge is 0.459 e. The quantitative estimate of drug-likeness (QED) is 0.770. The molecule has 2 amide bonds. The Balaban J connectivity index is 1.54. The molecule has 5 nitrogen and oxygen atoms in total. The van der Waals surface area contributed by atoms with Crippen LogP contribution in [0.1, 0.15) is 29.2 Å². The summed E-state index contributed by atoms with van der Waals surface area (Å²) in [7, 11) is 0. The maximum absolute atomic E-state index is 12.7. The molecule has 5 heteroatoms. The Hall–Kier alpha value is -3.08. The summed E-state index contributed by atoms with van der Waals surface area (Å²) in [6, 6.07) is 15.2. The molecule has 2 heterocycles. The lowest BCUT2D eigenvalue weighted by atomic mass is 9.90. The fourth-order valence-corrected chi connectivity index (χ4v) is 3.33. The Bertz CT molecular complexity index is 974. The van der Waals surface area contributed by atoms with Gasteiger partial charge in [-0.25, -0.2) is 0 Å². The minimum Gasteiger partial charge on any atom is -0.459 e. The van der Waals surface area contributed by atoms with Crippen molar-refractivity contribution >= 4 is 28.5 Å². The van der Waals surface area contributed by atoms with E-state index in [-0.39, 0.29) is 18.2 Å². The van der Waals surface area contributed by atoms with E-state index in [2.05, 4.69) is 10.6 Å². The van der Waals surface area contributed by atoms with E-state index >= 15 is 0 Å². The molecule has 1 aliphatic rings. The van der Waals surface area contributed by atoms with Crippen LogP contribution in [0.4, 0.5) is 5.69 Å². The van der Waals surface area contributed by atoms with Gasteiger partial charge in [-0.1, -0.05) is 36.4 Å².